The number of carbonyl (C=O) groups excluding carboxylic acids is 1. The van der Waals surface area contributed by atoms with Crippen molar-refractivity contribution < 1.29 is 9.90 Å². The van der Waals surface area contributed by atoms with Crippen molar-refractivity contribution in [2.45, 2.75) is 25.3 Å². The molecule has 0 unspecified atom stereocenters. The molecular formula is C17H20N4O2S. The van der Waals surface area contributed by atoms with Crippen molar-refractivity contribution in [3.05, 3.63) is 41.2 Å². The van der Waals surface area contributed by atoms with E-state index >= 15 is 0 Å². The second kappa shape index (κ2) is 6.41. The smallest absolute Gasteiger partial charge is 0.270 e. The second-order valence-corrected chi connectivity index (χ2v) is 7.10. The van der Waals surface area contributed by atoms with Crippen molar-refractivity contribution >= 4 is 27.5 Å². The maximum absolute atomic E-state index is 12.7. The summed E-state index contributed by atoms with van der Waals surface area (Å²) < 4.78 is 3.00. The van der Waals surface area contributed by atoms with Crippen molar-refractivity contribution in [3.8, 4) is 0 Å². The van der Waals surface area contributed by atoms with Crippen LogP contribution in [0.4, 0.5) is 0 Å². The Hall–Kier alpha value is -2.12. The minimum absolute atomic E-state index is 0.0840. The maximum Gasteiger partial charge on any atom is 0.270 e. The fraction of sp³-hybridized carbons (Fsp3) is 0.412. The van der Waals surface area contributed by atoms with Crippen LogP contribution in [-0.2, 0) is 6.54 Å². The molecular weight excluding hydrogens is 324 g/mol. The van der Waals surface area contributed by atoms with Crippen LogP contribution in [0.3, 0.4) is 0 Å². The molecule has 0 aliphatic carbocycles. The number of hydrogen-bond acceptors (Lipinski definition) is 4. The normalized spacial score (nSPS) is 16.1. The molecule has 4 heterocycles. The number of aliphatic hydroxyl groups is 1. The van der Waals surface area contributed by atoms with Crippen LogP contribution in [0.1, 0.15) is 34.9 Å². The fourth-order valence-corrected chi connectivity index (χ4v) is 4.27. The predicted molar refractivity (Wildman–Crippen MR) is 93.4 cm³/mol. The highest BCUT2D eigenvalue weighted by molar-refractivity contribution is 7.17. The number of nitrogens with one attached hydrogen (secondary N) is 1. The van der Waals surface area contributed by atoms with Crippen LogP contribution in [0.5, 0.6) is 0 Å². The van der Waals surface area contributed by atoms with Crippen molar-refractivity contribution in [3.63, 3.8) is 0 Å². The summed E-state index contributed by atoms with van der Waals surface area (Å²) in [4.78, 5) is 17.8. The molecule has 1 fully saturated rings. The predicted octanol–water partition coefficient (Wildman–Crippen LogP) is 2.44. The standard InChI is InChI=1S/C17H20N4O2S/c22-9-8-21-15(1-5-18-21)12-2-6-20(7-3-12)17(23)14-11-16-13(19-14)4-10-24-16/h1,4-5,10-12,19,22H,2-3,6-9H2. The molecule has 0 radical (unpaired) electrons. The molecule has 24 heavy (non-hydrogen) atoms. The topological polar surface area (TPSA) is 74.2 Å². The lowest BCUT2D eigenvalue weighted by Crippen LogP contribution is -2.38. The molecule has 126 valence electrons. The van der Waals surface area contributed by atoms with E-state index in [2.05, 4.69) is 10.1 Å². The number of H-pyrrole nitrogens is 1. The van der Waals surface area contributed by atoms with Crippen molar-refractivity contribution in [2.75, 3.05) is 19.7 Å². The SMILES string of the molecule is O=C(c1cc2sccc2[nH]1)N1CCC(c2ccnn2CCO)CC1. The molecule has 7 heteroatoms. The summed E-state index contributed by atoms with van der Waals surface area (Å²) in [5.74, 6) is 0.482. The van der Waals surface area contributed by atoms with E-state index < -0.39 is 0 Å². The third-order valence-corrected chi connectivity index (χ3v) is 5.60. The van der Waals surface area contributed by atoms with E-state index in [4.69, 9.17) is 5.11 Å². The average Bonchev–Trinajstić information content (AvgIpc) is 3.30. The first-order chi connectivity index (χ1) is 11.8. The van der Waals surface area contributed by atoms with Gasteiger partial charge in [0.1, 0.15) is 5.69 Å². The quantitative estimate of drug-likeness (QED) is 0.763. The van der Waals surface area contributed by atoms with Crippen LogP contribution in [0.15, 0.2) is 29.8 Å². The van der Waals surface area contributed by atoms with Gasteiger partial charge in [-0.05, 0) is 36.4 Å². The Morgan fingerprint density at radius 3 is 2.96 bits per heavy atom. The summed E-state index contributed by atoms with van der Waals surface area (Å²) in [6, 6.07) is 5.98. The number of piperidine rings is 1. The molecule has 0 bridgehead atoms. The highest BCUT2D eigenvalue weighted by Gasteiger charge is 2.27. The Morgan fingerprint density at radius 2 is 2.21 bits per heavy atom. The van der Waals surface area contributed by atoms with Gasteiger partial charge in [-0.3, -0.25) is 9.48 Å². The summed E-state index contributed by atoms with van der Waals surface area (Å²) in [6.45, 7) is 2.12. The lowest BCUT2D eigenvalue weighted by atomic mass is 9.93. The first-order valence-electron chi connectivity index (χ1n) is 8.24. The number of nitrogens with zero attached hydrogens (tertiary/aromatic N) is 3. The Kier molecular flexibility index (Phi) is 4.12. The Balaban J connectivity index is 1.43. The van der Waals surface area contributed by atoms with Gasteiger partial charge in [0.15, 0.2) is 0 Å². The molecule has 1 aliphatic heterocycles. The number of aromatic amines is 1. The number of aliphatic hydroxyl groups excluding tert-OH is 1. The van der Waals surface area contributed by atoms with E-state index in [0.717, 1.165) is 41.8 Å². The summed E-state index contributed by atoms with van der Waals surface area (Å²) in [5, 5.41) is 15.4. The average molecular weight is 344 g/mol. The molecule has 1 amide bonds. The molecule has 0 spiro atoms. The van der Waals surface area contributed by atoms with E-state index in [1.165, 1.54) is 0 Å². The molecule has 2 N–H and O–H groups in total. The summed E-state index contributed by atoms with van der Waals surface area (Å²) in [6.07, 6.45) is 3.64. The van der Waals surface area contributed by atoms with Gasteiger partial charge in [-0.25, -0.2) is 0 Å². The largest absolute Gasteiger partial charge is 0.394 e. The first kappa shape index (κ1) is 15.4. The lowest BCUT2D eigenvalue weighted by molar-refractivity contribution is 0.0706. The summed E-state index contributed by atoms with van der Waals surface area (Å²) in [7, 11) is 0. The van der Waals surface area contributed by atoms with E-state index in [0.29, 0.717) is 18.2 Å². The maximum atomic E-state index is 12.7. The van der Waals surface area contributed by atoms with Gasteiger partial charge in [0.25, 0.3) is 5.91 Å². The third kappa shape index (κ3) is 2.74. The zero-order valence-corrected chi connectivity index (χ0v) is 14.1. The van der Waals surface area contributed by atoms with Crippen molar-refractivity contribution in [2.24, 2.45) is 0 Å². The minimum Gasteiger partial charge on any atom is -0.394 e. The number of aromatic nitrogens is 3. The fourth-order valence-electron chi connectivity index (χ4n) is 3.48. The number of rotatable bonds is 4. The number of amides is 1. The molecule has 0 saturated carbocycles. The highest BCUT2D eigenvalue weighted by Crippen LogP contribution is 2.29. The number of thiophene rings is 1. The van der Waals surface area contributed by atoms with Gasteiger partial charge in [0, 0.05) is 30.9 Å². The molecule has 1 aliphatic rings. The molecule has 0 atom stereocenters. The van der Waals surface area contributed by atoms with Crippen LogP contribution in [0, 0.1) is 0 Å². The van der Waals surface area contributed by atoms with Gasteiger partial charge in [0.05, 0.1) is 23.4 Å². The molecule has 3 aromatic rings. The van der Waals surface area contributed by atoms with Gasteiger partial charge >= 0.3 is 0 Å². The molecule has 6 nitrogen and oxygen atoms in total. The summed E-state index contributed by atoms with van der Waals surface area (Å²) in [5.41, 5.74) is 2.88. The third-order valence-electron chi connectivity index (χ3n) is 4.73. The monoisotopic (exact) mass is 344 g/mol. The van der Waals surface area contributed by atoms with Crippen LogP contribution < -0.4 is 0 Å². The minimum atomic E-state index is 0.0840. The van der Waals surface area contributed by atoms with Crippen molar-refractivity contribution in [1.29, 1.82) is 0 Å². The number of likely N-dealkylation sites (tertiary alicyclic amines) is 1. The van der Waals surface area contributed by atoms with Crippen LogP contribution in [0.25, 0.3) is 10.2 Å². The van der Waals surface area contributed by atoms with E-state index in [1.807, 2.05) is 33.2 Å². The van der Waals surface area contributed by atoms with Gasteiger partial charge < -0.3 is 15.0 Å². The van der Waals surface area contributed by atoms with Gasteiger partial charge in [-0.15, -0.1) is 11.3 Å². The zero-order valence-electron chi connectivity index (χ0n) is 13.3. The Labute approximate surface area is 143 Å². The Bertz CT molecular complexity index is 813. The van der Waals surface area contributed by atoms with E-state index in [1.54, 1.807) is 17.5 Å². The number of carbonyl (C=O) groups is 1. The second-order valence-electron chi connectivity index (χ2n) is 6.15. The molecule has 3 aromatic heterocycles. The lowest BCUT2D eigenvalue weighted by Gasteiger charge is -2.32. The first-order valence-corrected chi connectivity index (χ1v) is 9.12. The highest BCUT2D eigenvalue weighted by atomic mass is 32.1. The Morgan fingerprint density at radius 1 is 1.38 bits per heavy atom. The van der Waals surface area contributed by atoms with Gasteiger partial charge in [-0.2, -0.15) is 5.10 Å². The summed E-state index contributed by atoms with van der Waals surface area (Å²) >= 11 is 1.64. The van der Waals surface area contributed by atoms with E-state index in [9.17, 15) is 4.79 Å². The molecule has 4 rings (SSSR count). The number of hydrogen-bond donors (Lipinski definition) is 2. The molecule has 0 aromatic carbocycles. The van der Waals surface area contributed by atoms with Gasteiger partial charge in [0.2, 0.25) is 0 Å². The zero-order chi connectivity index (χ0) is 16.5. The van der Waals surface area contributed by atoms with Gasteiger partial charge in [-0.1, -0.05) is 0 Å². The van der Waals surface area contributed by atoms with Crippen molar-refractivity contribution in [1.82, 2.24) is 19.7 Å². The van der Waals surface area contributed by atoms with Crippen LogP contribution in [0.2, 0.25) is 0 Å². The molecule has 1 saturated heterocycles. The number of fused-ring (bicyclic) bond motifs is 1. The van der Waals surface area contributed by atoms with E-state index in [-0.39, 0.29) is 12.5 Å². The van der Waals surface area contributed by atoms with Crippen LogP contribution >= 0.6 is 11.3 Å². The van der Waals surface area contributed by atoms with Crippen LogP contribution in [-0.4, -0.2) is 50.4 Å².